The molecule has 16 heavy (non-hydrogen) atoms. The lowest BCUT2D eigenvalue weighted by Crippen LogP contribution is -2.19. The van der Waals surface area contributed by atoms with Gasteiger partial charge in [-0.1, -0.05) is 13.3 Å². The number of ether oxygens (including phenoxy) is 1. The van der Waals surface area contributed by atoms with Crippen LogP contribution in [0.3, 0.4) is 0 Å². The van der Waals surface area contributed by atoms with Gasteiger partial charge in [0, 0.05) is 32.4 Å². The number of rotatable bonds is 8. The molecule has 4 heteroatoms. The maximum Gasteiger partial charge on any atom is 0.124 e. The van der Waals surface area contributed by atoms with Crippen molar-refractivity contribution in [3.05, 3.63) is 12.3 Å². The summed E-state index contributed by atoms with van der Waals surface area (Å²) in [7, 11) is 1.73. The lowest BCUT2D eigenvalue weighted by molar-refractivity contribution is 0.191. The van der Waals surface area contributed by atoms with Crippen LogP contribution in [0.25, 0.3) is 0 Å². The topological polar surface area (TPSA) is 39.1 Å². The van der Waals surface area contributed by atoms with Crippen LogP contribution >= 0.6 is 0 Å². The number of nitrogens with zero attached hydrogens (tertiary/aromatic N) is 2. The zero-order chi connectivity index (χ0) is 11.8. The summed E-state index contributed by atoms with van der Waals surface area (Å²) < 4.78 is 7.10. The van der Waals surface area contributed by atoms with Crippen LogP contribution in [0.2, 0.25) is 0 Å². The maximum atomic E-state index is 5.06. The van der Waals surface area contributed by atoms with Crippen molar-refractivity contribution in [2.45, 2.75) is 45.7 Å². The minimum Gasteiger partial charge on any atom is -0.385 e. The van der Waals surface area contributed by atoms with Crippen LogP contribution in [0.4, 0.5) is 5.82 Å². The summed E-state index contributed by atoms with van der Waals surface area (Å²) >= 11 is 0. The van der Waals surface area contributed by atoms with E-state index in [4.69, 9.17) is 4.74 Å². The quantitative estimate of drug-likeness (QED) is 0.739. The fourth-order valence-electron chi connectivity index (χ4n) is 1.56. The molecule has 1 aromatic rings. The molecular formula is C12H23N3O. The number of unbranched alkanes of at least 4 members (excludes halogenated alkanes) is 1. The standard InChI is InChI=1S/C12H23N3O/c1-4-5-9-15-12(6-8-13-15)14-11(2)7-10-16-3/h6,8,11,14H,4-5,7,9-10H2,1-3H3. The van der Waals surface area contributed by atoms with Gasteiger partial charge < -0.3 is 10.1 Å². The SMILES string of the molecule is CCCCn1nccc1NC(C)CCOC. The van der Waals surface area contributed by atoms with Crippen LogP contribution in [0.1, 0.15) is 33.1 Å². The Bertz CT molecular complexity index is 286. The normalized spacial score (nSPS) is 12.7. The first-order chi connectivity index (χ1) is 7.77. The first kappa shape index (κ1) is 13.0. The number of methoxy groups -OCH3 is 1. The van der Waals surface area contributed by atoms with E-state index in [1.54, 1.807) is 7.11 Å². The van der Waals surface area contributed by atoms with E-state index in [2.05, 4.69) is 24.3 Å². The van der Waals surface area contributed by atoms with Crippen molar-refractivity contribution in [1.82, 2.24) is 9.78 Å². The van der Waals surface area contributed by atoms with Gasteiger partial charge in [-0.15, -0.1) is 0 Å². The van der Waals surface area contributed by atoms with E-state index in [-0.39, 0.29) is 0 Å². The van der Waals surface area contributed by atoms with Gasteiger partial charge in [0.15, 0.2) is 0 Å². The van der Waals surface area contributed by atoms with Gasteiger partial charge in [0.1, 0.15) is 5.82 Å². The summed E-state index contributed by atoms with van der Waals surface area (Å²) in [6, 6.07) is 2.44. The minimum absolute atomic E-state index is 0.414. The molecule has 1 heterocycles. The van der Waals surface area contributed by atoms with Gasteiger partial charge in [0.05, 0.1) is 6.20 Å². The summed E-state index contributed by atoms with van der Waals surface area (Å²) in [6.07, 6.45) is 5.22. The summed E-state index contributed by atoms with van der Waals surface area (Å²) in [5.74, 6) is 1.11. The average Bonchev–Trinajstić information content (AvgIpc) is 2.71. The van der Waals surface area contributed by atoms with Crippen LogP contribution in [0.5, 0.6) is 0 Å². The Labute approximate surface area is 98.0 Å². The predicted octanol–water partition coefficient (Wildman–Crippen LogP) is 2.52. The highest BCUT2D eigenvalue weighted by Crippen LogP contribution is 2.10. The Morgan fingerprint density at radius 2 is 2.38 bits per heavy atom. The van der Waals surface area contributed by atoms with Crippen LogP contribution < -0.4 is 5.32 Å². The highest BCUT2D eigenvalue weighted by molar-refractivity contribution is 5.34. The number of nitrogens with one attached hydrogen (secondary N) is 1. The van der Waals surface area contributed by atoms with Gasteiger partial charge in [0.25, 0.3) is 0 Å². The molecule has 0 aliphatic heterocycles. The van der Waals surface area contributed by atoms with Crippen molar-refractivity contribution in [3.63, 3.8) is 0 Å². The summed E-state index contributed by atoms with van der Waals surface area (Å²) in [6.45, 7) is 6.13. The Morgan fingerprint density at radius 1 is 1.56 bits per heavy atom. The lowest BCUT2D eigenvalue weighted by atomic mass is 10.2. The molecule has 0 saturated heterocycles. The zero-order valence-electron chi connectivity index (χ0n) is 10.6. The number of aryl methyl sites for hydroxylation is 1. The van der Waals surface area contributed by atoms with Gasteiger partial charge in [-0.25, -0.2) is 4.68 Å². The number of aromatic nitrogens is 2. The molecule has 0 aliphatic carbocycles. The molecule has 92 valence electrons. The highest BCUT2D eigenvalue weighted by Gasteiger charge is 2.05. The molecule has 0 radical (unpaired) electrons. The van der Waals surface area contributed by atoms with Gasteiger partial charge >= 0.3 is 0 Å². The van der Waals surface area contributed by atoms with E-state index in [9.17, 15) is 0 Å². The fourth-order valence-corrected chi connectivity index (χ4v) is 1.56. The van der Waals surface area contributed by atoms with Crippen molar-refractivity contribution in [2.75, 3.05) is 19.0 Å². The molecule has 4 nitrogen and oxygen atoms in total. The Balaban J connectivity index is 2.42. The number of hydrogen-bond acceptors (Lipinski definition) is 3. The van der Waals surface area contributed by atoms with Crippen LogP contribution in [-0.4, -0.2) is 29.5 Å². The van der Waals surface area contributed by atoms with E-state index >= 15 is 0 Å². The second kappa shape index (κ2) is 7.28. The predicted molar refractivity (Wildman–Crippen MR) is 66.7 cm³/mol. The molecule has 1 rings (SSSR count). The van der Waals surface area contributed by atoms with Gasteiger partial charge in [-0.2, -0.15) is 5.10 Å². The van der Waals surface area contributed by atoms with E-state index in [1.807, 2.05) is 16.9 Å². The third kappa shape index (κ3) is 4.23. The molecule has 1 N–H and O–H groups in total. The average molecular weight is 225 g/mol. The van der Waals surface area contributed by atoms with Crippen LogP contribution in [0.15, 0.2) is 12.3 Å². The molecule has 0 aromatic carbocycles. The minimum atomic E-state index is 0.414. The van der Waals surface area contributed by atoms with Crippen molar-refractivity contribution in [2.24, 2.45) is 0 Å². The molecule has 0 aliphatic rings. The molecule has 0 spiro atoms. The maximum absolute atomic E-state index is 5.06. The summed E-state index contributed by atoms with van der Waals surface area (Å²) in [5, 5.41) is 7.76. The van der Waals surface area contributed by atoms with Gasteiger partial charge in [-0.3, -0.25) is 0 Å². The Morgan fingerprint density at radius 3 is 3.06 bits per heavy atom. The van der Waals surface area contributed by atoms with Crippen molar-refractivity contribution in [1.29, 1.82) is 0 Å². The van der Waals surface area contributed by atoms with Crippen LogP contribution in [0, 0.1) is 0 Å². The molecular weight excluding hydrogens is 202 g/mol. The first-order valence-electron chi connectivity index (χ1n) is 6.05. The zero-order valence-corrected chi connectivity index (χ0v) is 10.6. The molecule has 1 aromatic heterocycles. The van der Waals surface area contributed by atoms with E-state index in [0.29, 0.717) is 6.04 Å². The Kier molecular flexibility index (Phi) is 5.93. The van der Waals surface area contributed by atoms with Gasteiger partial charge in [0.2, 0.25) is 0 Å². The summed E-state index contributed by atoms with van der Waals surface area (Å²) in [4.78, 5) is 0. The molecule has 0 bridgehead atoms. The third-order valence-corrected chi connectivity index (χ3v) is 2.59. The molecule has 1 unspecified atom stereocenters. The van der Waals surface area contributed by atoms with Gasteiger partial charge in [-0.05, 0) is 19.8 Å². The number of anilines is 1. The summed E-state index contributed by atoms with van der Waals surface area (Å²) in [5.41, 5.74) is 0. The monoisotopic (exact) mass is 225 g/mol. The smallest absolute Gasteiger partial charge is 0.124 e. The largest absolute Gasteiger partial charge is 0.385 e. The van der Waals surface area contributed by atoms with E-state index < -0.39 is 0 Å². The Hall–Kier alpha value is -1.03. The number of hydrogen-bond donors (Lipinski definition) is 1. The molecule has 0 fully saturated rings. The second-order valence-electron chi connectivity index (χ2n) is 4.12. The van der Waals surface area contributed by atoms with Crippen molar-refractivity contribution < 1.29 is 4.74 Å². The highest BCUT2D eigenvalue weighted by atomic mass is 16.5. The fraction of sp³-hybridized carbons (Fsp3) is 0.750. The third-order valence-electron chi connectivity index (χ3n) is 2.59. The molecule has 0 saturated carbocycles. The van der Waals surface area contributed by atoms with Crippen molar-refractivity contribution >= 4 is 5.82 Å². The van der Waals surface area contributed by atoms with E-state index in [0.717, 1.165) is 25.4 Å². The molecule has 0 amide bonds. The molecule has 1 atom stereocenters. The first-order valence-corrected chi connectivity index (χ1v) is 6.05. The lowest BCUT2D eigenvalue weighted by Gasteiger charge is -2.15. The van der Waals surface area contributed by atoms with E-state index in [1.165, 1.54) is 12.8 Å². The van der Waals surface area contributed by atoms with Crippen LogP contribution in [-0.2, 0) is 11.3 Å². The van der Waals surface area contributed by atoms with Crippen molar-refractivity contribution in [3.8, 4) is 0 Å². The second-order valence-corrected chi connectivity index (χ2v) is 4.12.